The predicted molar refractivity (Wildman–Crippen MR) is 55.6 cm³/mol. The van der Waals surface area contributed by atoms with Crippen LogP contribution in [0, 0.1) is 5.41 Å². The number of esters is 1. The van der Waals surface area contributed by atoms with Crippen LogP contribution in [0.15, 0.2) is 0 Å². The Morgan fingerprint density at radius 1 is 1.40 bits per heavy atom. The van der Waals surface area contributed by atoms with Gasteiger partial charge in [0, 0.05) is 25.6 Å². The second kappa shape index (κ2) is 6.08. The minimum atomic E-state index is -0.112. The molecule has 1 rings (SSSR count). The Morgan fingerprint density at radius 2 is 2.13 bits per heavy atom. The molecule has 0 saturated carbocycles. The monoisotopic (exact) mass is 216 g/mol. The SMILES string of the molecule is COCCCCC(=O)OCC1(C)COC1. The van der Waals surface area contributed by atoms with Gasteiger partial charge in [0.15, 0.2) is 0 Å². The fraction of sp³-hybridized carbons (Fsp3) is 0.909. The van der Waals surface area contributed by atoms with Crippen LogP contribution in [0.2, 0.25) is 0 Å². The summed E-state index contributed by atoms with van der Waals surface area (Å²) in [6, 6.07) is 0. The number of hydrogen-bond donors (Lipinski definition) is 0. The molecular formula is C11H20O4. The van der Waals surface area contributed by atoms with Gasteiger partial charge in [0.05, 0.1) is 13.2 Å². The van der Waals surface area contributed by atoms with Crippen molar-refractivity contribution in [3.8, 4) is 0 Å². The molecule has 0 aliphatic carbocycles. The molecule has 1 aliphatic heterocycles. The lowest BCUT2D eigenvalue weighted by Crippen LogP contribution is -2.44. The van der Waals surface area contributed by atoms with Crippen molar-refractivity contribution < 1.29 is 19.0 Å². The van der Waals surface area contributed by atoms with E-state index in [1.807, 2.05) is 0 Å². The van der Waals surface area contributed by atoms with Crippen molar-refractivity contribution in [2.24, 2.45) is 5.41 Å². The number of methoxy groups -OCH3 is 1. The van der Waals surface area contributed by atoms with Gasteiger partial charge >= 0.3 is 5.97 Å². The molecule has 0 spiro atoms. The Morgan fingerprint density at radius 3 is 2.67 bits per heavy atom. The third-order valence-electron chi connectivity index (χ3n) is 2.46. The minimum absolute atomic E-state index is 0.0577. The second-order valence-corrected chi connectivity index (χ2v) is 4.41. The maximum absolute atomic E-state index is 11.3. The van der Waals surface area contributed by atoms with E-state index in [2.05, 4.69) is 6.92 Å². The van der Waals surface area contributed by atoms with Crippen molar-refractivity contribution >= 4 is 5.97 Å². The Labute approximate surface area is 90.9 Å². The van der Waals surface area contributed by atoms with Gasteiger partial charge in [-0.05, 0) is 12.8 Å². The van der Waals surface area contributed by atoms with E-state index in [0.29, 0.717) is 32.8 Å². The molecule has 4 nitrogen and oxygen atoms in total. The van der Waals surface area contributed by atoms with Crippen molar-refractivity contribution in [3.63, 3.8) is 0 Å². The fourth-order valence-electron chi connectivity index (χ4n) is 1.38. The van der Waals surface area contributed by atoms with E-state index < -0.39 is 0 Å². The number of carbonyl (C=O) groups is 1. The largest absolute Gasteiger partial charge is 0.465 e. The molecule has 1 aliphatic rings. The lowest BCUT2D eigenvalue weighted by Gasteiger charge is -2.37. The van der Waals surface area contributed by atoms with Gasteiger partial charge in [0.1, 0.15) is 6.61 Å². The number of rotatable bonds is 7. The molecule has 1 fully saturated rings. The van der Waals surface area contributed by atoms with E-state index in [1.165, 1.54) is 0 Å². The van der Waals surface area contributed by atoms with E-state index in [0.717, 1.165) is 12.8 Å². The summed E-state index contributed by atoms with van der Waals surface area (Å²) in [5.41, 5.74) is 0.0577. The van der Waals surface area contributed by atoms with Crippen LogP contribution in [-0.2, 0) is 19.0 Å². The molecule has 0 N–H and O–H groups in total. The first-order chi connectivity index (χ1) is 7.16. The molecule has 0 bridgehead atoms. The highest BCUT2D eigenvalue weighted by Crippen LogP contribution is 2.26. The Balaban J connectivity index is 1.98. The summed E-state index contributed by atoms with van der Waals surface area (Å²) in [5, 5.41) is 0. The number of hydrogen-bond acceptors (Lipinski definition) is 4. The van der Waals surface area contributed by atoms with E-state index in [-0.39, 0.29) is 11.4 Å². The third-order valence-corrected chi connectivity index (χ3v) is 2.46. The predicted octanol–water partition coefficient (Wildman–Crippen LogP) is 1.38. The quantitative estimate of drug-likeness (QED) is 0.476. The third kappa shape index (κ3) is 4.62. The molecule has 4 heteroatoms. The molecule has 88 valence electrons. The van der Waals surface area contributed by atoms with Crippen molar-refractivity contribution in [1.82, 2.24) is 0 Å². The van der Waals surface area contributed by atoms with Crippen LogP contribution in [0.3, 0.4) is 0 Å². The number of ether oxygens (including phenoxy) is 3. The van der Waals surface area contributed by atoms with E-state index in [9.17, 15) is 4.79 Å². The Bertz CT molecular complexity index is 199. The standard InChI is InChI=1S/C11H20O4/c1-11(7-14-8-11)9-15-10(12)5-3-4-6-13-2/h3-9H2,1-2H3. The van der Waals surface area contributed by atoms with Crippen molar-refractivity contribution in [3.05, 3.63) is 0 Å². The lowest BCUT2D eigenvalue weighted by atomic mass is 9.90. The zero-order valence-corrected chi connectivity index (χ0v) is 9.58. The minimum Gasteiger partial charge on any atom is -0.465 e. The van der Waals surface area contributed by atoms with Crippen LogP contribution in [0.25, 0.3) is 0 Å². The first kappa shape index (κ1) is 12.5. The first-order valence-electron chi connectivity index (χ1n) is 5.39. The maximum Gasteiger partial charge on any atom is 0.305 e. The van der Waals surface area contributed by atoms with Crippen LogP contribution in [0.5, 0.6) is 0 Å². The summed E-state index contributed by atoms with van der Waals surface area (Å²) in [5.74, 6) is -0.112. The van der Waals surface area contributed by atoms with Gasteiger partial charge in [-0.3, -0.25) is 4.79 Å². The zero-order chi connectivity index (χ0) is 11.1. The van der Waals surface area contributed by atoms with Gasteiger partial charge < -0.3 is 14.2 Å². The van der Waals surface area contributed by atoms with Crippen LogP contribution >= 0.6 is 0 Å². The molecule has 1 saturated heterocycles. The normalized spacial score (nSPS) is 18.3. The van der Waals surface area contributed by atoms with Crippen LogP contribution < -0.4 is 0 Å². The molecule has 0 amide bonds. The topological polar surface area (TPSA) is 44.8 Å². The summed E-state index contributed by atoms with van der Waals surface area (Å²) < 4.78 is 15.1. The van der Waals surface area contributed by atoms with Gasteiger partial charge in [0.2, 0.25) is 0 Å². The van der Waals surface area contributed by atoms with Gasteiger partial charge in [-0.15, -0.1) is 0 Å². The van der Waals surface area contributed by atoms with Gasteiger partial charge in [-0.2, -0.15) is 0 Å². The molecule has 1 heterocycles. The Kier molecular flexibility index (Phi) is 5.05. The van der Waals surface area contributed by atoms with Crippen LogP contribution in [0.1, 0.15) is 26.2 Å². The molecule has 15 heavy (non-hydrogen) atoms. The summed E-state index contributed by atoms with van der Waals surface area (Å²) in [6.07, 6.45) is 2.23. The van der Waals surface area contributed by atoms with Gasteiger partial charge in [-0.1, -0.05) is 6.92 Å². The highest BCUT2D eigenvalue weighted by molar-refractivity contribution is 5.69. The summed E-state index contributed by atoms with van der Waals surface area (Å²) >= 11 is 0. The molecular weight excluding hydrogens is 196 g/mol. The summed E-state index contributed by atoms with van der Waals surface area (Å²) in [7, 11) is 1.66. The average Bonchev–Trinajstić information content (AvgIpc) is 2.19. The summed E-state index contributed by atoms with van der Waals surface area (Å²) in [4.78, 5) is 11.3. The summed E-state index contributed by atoms with van der Waals surface area (Å²) in [6.45, 7) is 4.65. The molecule has 0 unspecified atom stereocenters. The van der Waals surface area contributed by atoms with Gasteiger partial charge in [0.25, 0.3) is 0 Å². The Hall–Kier alpha value is -0.610. The molecule has 0 aromatic rings. The van der Waals surface area contributed by atoms with E-state index in [1.54, 1.807) is 7.11 Å². The smallest absolute Gasteiger partial charge is 0.305 e. The lowest BCUT2D eigenvalue weighted by molar-refractivity contribution is -0.165. The average molecular weight is 216 g/mol. The molecule has 0 radical (unpaired) electrons. The van der Waals surface area contributed by atoms with Crippen molar-refractivity contribution in [1.29, 1.82) is 0 Å². The van der Waals surface area contributed by atoms with Crippen molar-refractivity contribution in [2.45, 2.75) is 26.2 Å². The zero-order valence-electron chi connectivity index (χ0n) is 9.58. The maximum atomic E-state index is 11.3. The van der Waals surface area contributed by atoms with Crippen LogP contribution in [0.4, 0.5) is 0 Å². The van der Waals surface area contributed by atoms with Gasteiger partial charge in [-0.25, -0.2) is 0 Å². The first-order valence-corrected chi connectivity index (χ1v) is 5.39. The van der Waals surface area contributed by atoms with E-state index >= 15 is 0 Å². The van der Waals surface area contributed by atoms with Crippen LogP contribution in [-0.4, -0.2) is 39.5 Å². The fourth-order valence-corrected chi connectivity index (χ4v) is 1.38. The highest BCUT2D eigenvalue weighted by atomic mass is 16.5. The van der Waals surface area contributed by atoms with Crippen molar-refractivity contribution in [2.75, 3.05) is 33.5 Å². The number of carbonyl (C=O) groups excluding carboxylic acids is 1. The van der Waals surface area contributed by atoms with E-state index in [4.69, 9.17) is 14.2 Å². The highest BCUT2D eigenvalue weighted by Gasteiger charge is 2.34. The number of unbranched alkanes of at least 4 members (excludes halogenated alkanes) is 1. The second-order valence-electron chi connectivity index (χ2n) is 4.41. The molecule has 0 aromatic carbocycles. The molecule has 0 atom stereocenters. The molecule has 0 aromatic heterocycles.